The number of carbonyl (C=O) groups excluding carboxylic acids is 1. The van der Waals surface area contributed by atoms with Gasteiger partial charge in [-0.2, -0.15) is 0 Å². The van der Waals surface area contributed by atoms with Gasteiger partial charge in [-0.3, -0.25) is 4.79 Å². The van der Waals surface area contributed by atoms with E-state index >= 15 is 0 Å². The zero-order valence-corrected chi connectivity index (χ0v) is 12.0. The van der Waals surface area contributed by atoms with Crippen LogP contribution in [0.15, 0.2) is 18.2 Å². The van der Waals surface area contributed by atoms with Crippen LogP contribution in [0.4, 0.5) is 8.78 Å². The lowest BCUT2D eigenvalue weighted by Gasteiger charge is -2.27. The Kier molecular flexibility index (Phi) is 4.30. The van der Waals surface area contributed by atoms with Gasteiger partial charge in [0.2, 0.25) is 5.91 Å². The number of nitrogens with zero attached hydrogens (tertiary/aromatic N) is 1. The van der Waals surface area contributed by atoms with Crippen molar-refractivity contribution in [2.75, 3.05) is 6.54 Å². The van der Waals surface area contributed by atoms with Crippen molar-refractivity contribution < 1.29 is 23.8 Å². The predicted octanol–water partition coefficient (Wildman–Crippen LogP) is 1.76. The topological polar surface area (TPSA) is 60.8 Å². The minimum atomic E-state index is -1.16. The molecule has 21 heavy (non-hydrogen) atoms. The van der Waals surface area contributed by atoms with Crippen molar-refractivity contribution >= 4 is 5.91 Å². The first-order valence-corrected chi connectivity index (χ1v) is 6.82. The predicted molar refractivity (Wildman–Crippen MR) is 72.4 cm³/mol. The van der Waals surface area contributed by atoms with Crippen LogP contribution in [0, 0.1) is 11.6 Å². The molecule has 116 valence electrons. The van der Waals surface area contributed by atoms with Crippen molar-refractivity contribution in [1.82, 2.24) is 4.90 Å². The van der Waals surface area contributed by atoms with Gasteiger partial charge < -0.3 is 15.1 Å². The van der Waals surface area contributed by atoms with Gasteiger partial charge in [0, 0.05) is 6.54 Å². The second-order valence-corrected chi connectivity index (χ2v) is 6.11. The summed E-state index contributed by atoms with van der Waals surface area (Å²) >= 11 is 0. The zero-order valence-electron chi connectivity index (χ0n) is 12.0. The summed E-state index contributed by atoms with van der Waals surface area (Å²) < 4.78 is 26.4. The second kappa shape index (κ2) is 5.69. The van der Waals surface area contributed by atoms with E-state index in [1.54, 1.807) is 0 Å². The molecule has 1 aromatic carbocycles. The molecule has 1 amide bonds. The Bertz CT molecular complexity index is 542. The molecule has 0 radical (unpaired) electrons. The number of likely N-dealkylation sites (tertiary alicyclic amines) is 1. The number of aliphatic hydroxyl groups excluding tert-OH is 1. The summed E-state index contributed by atoms with van der Waals surface area (Å²) in [6, 6.07) is 2.95. The molecule has 1 aliphatic heterocycles. The lowest BCUT2D eigenvalue weighted by atomic mass is 10.0. The maximum Gasteiger partial charge on any atom is 0.226 e. The van der Waals surface area contributed by atoms with Crippen LogP contribution in [0.25, 0.3) is 0 Å². The van der Waals surface area contributed by atoms with E-state index in [0.717, 1.165) is 12.1 Å². The Hall–Kier alpha value is -1.53. The zero-order chi connectivity index (χ0) is 15.8. The molecule has 2 rings (SSSR count). The van der Waals surface area contributed by atoms with Gasteiger partial charge in [-0.05, 0) is 38.0 Å². The summed E-state index contributed by atoms with van der Waals surface area (Å²) in [6.07, 6.45) is -0.545. The fraction of sp³-hybridized carbons (Fsp3) is 0.533. The number of halogens is 2. The van der Waals surface area contributed by atoms with Gasteiger partial charge in [-0.25, -0.2) is 8.78 Å². The highest BCUT2D eigenvalue weighted by molar-refractivity contribution is 5.78. The van der Waals surface area contributed by atoms with Crippen molar-refractivity contribution in [1.29, 1.82) is 0 Å². The molecule has 1 fully saturated rings. The van der Waals surface area contributed by atoms with E-state index in [1.807, 2.05) is 0 Å². The monoisotopic (exact) mass is 299 g/mol. The molecule has 0 bridgehead atoms. The van der Waals surface area contributed by atoms with E-state index in [4.69, 9.17) is 0 Å². The van der Waals surface area contributed by atoms with E-state index in [2.05, 4.69) is 0 Å². The molecule has 1 heterocycles. The molecular formula is C15H19F2NO3. The highest BCUT2D eigenvalue weighted by Gasteiger charge is 2.37. The van der Waals surface area contributed by atoms with Gasteiger partial charge in [-0.15, -0.1) is 0 Å². The Morgan fingerprint density at radius 2 is 2.05 bits per heavy atom. The second-order valence-electron chi connectivity index (χ2n) is 6.11. The molecule has 0 aliphatic carbocycles. The standard InChI is InChI=1S/C15H19F2NO3/c1-15(2,21)7-14(20)18-8-10(19)6-13(18)9-3-4-11(16)12(17)5-9/h3-5,10,13,19,21H,6-8H2,1-2H3/t10-,13+/m1/s1. The van der Waals surface area contributed by atoms with Crippen LogP contribution in [0.1, 0.15) is 38.3 Å². The highest BCUT2D eigenvalue weighted by Crippen LogP contribution is 2.34. The molecule has 0 aromatic heterocycles. The minimum Gasteiger partial charge on any atom is -0.391 e. The average molecular weight is 299 g/mol. The van der Waals surface area contributed by atoms with Gasteiger partial charge >= 0.3 is 0 Å². The van der Waals surface area contributed by atoms with Crippen LogP contribution < -0.4 is 0 Å². The first kappa shape index (κ1) is 15.9. The maximum absolute atomic E-state index is 13.3. The Morgan fingerprint density at radius 1 is 1.38 bits per heavy atom. The van der Waals surface area contributed by atoms with Crippen LogP contribution >= 0.6 is 0 Å². The summed E-state index contributed by atoms with van der Waals surface area (Å²) in [5, 5.41) is 19.5. The Morgan fingerprint density at radius 3 is 2.62 bits per heavy atom. The Labute approximate surface area is 122 Å². The highest BCUT2D eigenvalue weighted by atomic mass is 19.2. The minimum absolute atomic E-state index is 0.0973. The average Bonchev–Trinajstić information content (AvgIpc) is 2.73. The summed E-state index contributed by atoms with van der Waals surface area (Å²) in [7, 11) is 0. The third kappa shape index (κ3) is 3.77. The maximum atomic E-state index is 13.3. The van der Waals surface area contributed by atoms with Crippen molar-refractivity contribution in [2.24, 2.45) is 0 Å². The van der Waals surface area contributed by atoms with Crippen molar-refractivity contribution in [3.8, 4) is 0 Å². The fourth-order valence-corrected chi connectivity index (χ4v) is 2.60. The number of amides is 1. The molecule has 0 spiro atoms. The molecule has 2 atom stereocenters. The molecule has 1 saturated heterocycles. The number of benzene rings is 1. The third-order valence-corrected chi connectivity index (χ3v) is 3.51. The largest absolute Gasteiger partial charge is 0.391 e. The van der Waals surface area contributed by atoms with Gasteiger partial charge in [0.25, 0.3) is 0 Å². The van der Waals surface area contributed by atoms with E-state index in [1.165, 1.54) is 24.8 Å². The van der Waals surface area contributed by atoms with E-state index in [9.17, 15) is 23.8 Å². The molecule has 1 aliphatic rings. The number of β-amino-alcohol motifs (C(OH)–C–C–N with tert-alkyl or cyclic N) is 1. The fourth-order valence-electron chi connectivity index (χ4n) is 2.60. The lowest BCUT2D eigenvalue weighted by molar-refractivity contribution is -0.136. The van der Waals surface area contributed by atoms with Crippen molar-refractivity contribution in [3.05, 3.63) is 35.4 Å². The lowest BCUT2D eigenvalue weighted by Crippen LogP contribution is -2.36. The van der Waals surface area contributed by atoms with Crippen molar-refractivity contribution in [3.63, 3.8) is 0 Å². The van der Waals surface area contributed by atoms with Crippen LogP contribution in [-0.4, -0.2) is 39.3 Å². The van der Waals surface area contributed by atoms with Gasteiger partial charge in [0.15, 0.2) is 11.6 Å². The van der Waals surface area contributed by atoms with Crippen LogP contribution in [-0.2, 0) is 4.79 Å². The van der Waals surface area contributed by atoms with Crippen molar-refractivity contribution in [2.45, 2.75) is 44.4 Å². The van der Waals surface area contributed by atoms with Gasteiger partial charge in [-0.1, -0.05) is 6.07 Å². The van der Waals surface area contributed by atoms with Gasteiger partial charge in [0.05, 0.1) is 24.2 Å². The number of rotatable bonds is 3. The summed E-state index contributed by atoms with van der Waals surface area (Å²) in [4.78, 5) is 13.6. The molecular weight excluding hydrogens is 280 g/mol. The molecule has 0 saturated carbocycles. The number of hydrogen-bond acceptors (Lipinski definition) is 3. The molecule has 2 N–H and O–H groups in total. The third-order valence-electron chi connectivity index (χ3n) is 3.51. The van der Waals surface area contributed by atoms with E-state index in [0.29, 0.717) is 5.56 Å². The van der Waals surface area contributed by atoms with Gasteiger partial charge in [0.1, 0.15) is 0 Å². The quantitative estimate of drug-likeness (QED) is 0.894. The van der Waals surface area contributed by atoms with E-state index in [-0.39, 0.29) is 25.3 Å². The van der Waals surface area contributed by atoms with Crippen LogP contribution in [0.2, 0.25) is 0 Å². The first-order chi connectivity index (χ1) is 9.67. The van der Waals surface area contributed by atoms with Crippen LogP contribution in [0.5, 0.6) is 0 Å². The number of aliphatic hydroxyl groups is 2. The normalized spacial score (nSPS) is 22.7. The molecule has 1 aromatic rings. The summed E-state index contributed by atoms with van der Waals surface area (Å²) in [6.45, 7) is 3.16. The first-order valence-electron chi connectivity index (χ1n) is 6.82. The summed E-state index contributed by atoms with van der Waals surface area (Å²) in [5.41, 5.74) is -0.724. The van der Waals surface area contributed by atoms with Crippen LogP contribution in [0.3, 0.4) is 0 Å². The molecule has 6 heteroatoms. The number of hydrogen-bond donors (Lipinski definition) is 2. The summed E-state index contributed by atoms with van der Waals surface area (Å²) in [5.74, 6) is -2.26. The molecule has 0 unspecified atom stereocenters. The SMILES string of the molecule is CC(C)(O)CC(=O)N1C[C@H](O)C[C@H]1c1ccc(F)c(F)c1. The van der Waals surface area contributed by atoms with E-state index < -0.39 is 29.4 Å². The molecule has 4 nitrogen and oxygen atoms in total. The number of carbonyl (C=O) groups is 1. The smallest absolute Gasteiger partial charge is 0.226 e. The Balaban J connectivity index is 2.24.